The molecule has 1 aliphatic rings. The number of alkyl halides is 3. The van der Waals surface area contributed by atoms with Crippen molar-refractivity contribution < 1.29 is 27.4 Å². The number of aryl methyl sites for hydroxylation is 2. The van der Waals surface area contributed by atoms with Crippen molar-refractivity contribution in [1.82, 2.24) is 38.6 Å². The number of anilines is 2. The first-order chi connectivity index (χ1) is 20.6. The average Bonchev–Trinajstić information content (AvgIpc) is 3.53. The minimum atomic E-state index is -4.65. The Morgan fingerprint density at radius 3 is 2.67 bits per heavy atom. The molecule has 5 aromatic rings. The maximum atomic E-state index is 13.3. The van der Waals surface area contributed by atoms with E-state index in [2.05, 4.69) is 30.3 Å². The van der Waals surface area contributed by atoms with Crippen LogP contribution in [0.5, 0.6) is 17.4 Å². The highest BCUT2D eigenvalue weighted by atomic mass is 35.5. The third kappa shape index (κ3) is 5.68. The molecule has 0 amide bonds. The van der Waals surface area contributed by atoms with Crippen molar-refractivity contribution in [3.8, 4) is 17.4 Å². The Hall–Kier alpha value is -4.41. The molecule has 17 heteroatoms. The number of nitrogens with one attached hydrogen (secondary N) is 1. The van der Waals surface area contributed by atoms with E-state index in [0.29, 0.717) is 49.0 Å². The van der Waals surface area contributed by atoms with E-state index in [0.717, 1.165) is 29.9 Å². The fourth-order valence-electron chi connectivity index (χ4n) is 4.66. The number of rotatable bonds is 8. The predicted molar refractivity (Wildman–Crippen MR) is 149 cm³/mol. The number of ether oxygens (including phenoxy) is 3. The van der Waals surface area contributed by atoms with E-state index in [9.17, 15) is 18.0 Å². The third-order valence-corrected chi connectivity index (χ3v) is 7.26. The molecular weight excluding hydrogens is 595 g/mol. The Morgan fingerprint density at radius 2 is 1.91 bits per heavy atom. The van der Waals surface area contributed by atoms with E-state index in [1.807, 2.05) is 0 Å². The first kappa shape index (κ1) is 28.7. The molecule has 0 radical (unpaired) electrons. The zero-order valence-electron chi connectivity index (χ0n) is 22.9. The van der Waals surface area contributed by atoms with E-state index in [1.54, 1.807) is 24.0 Å². The lowest BCUT2D eigenvalue weighted by Gasteiger charge is -2.26. The molecule has 0 bridgehead atoms. The summed E-state index contributed by atoms with van der Waals surface area (Å²) in [4.78, 5) is 27.8. The predicted octanol–water partition coefficient (Wildman–Crippen LogP) is 3.63. The molecule has 0 saturated carbocycles. The lowest BCUT2D eigenvalue weighted by atomic mass is 10.2. The number of nitrogens with zero attached hydrogens (tertiary/aromatic N) is 8. The van der Waals surface area contributed by atoms with E-state index < -0.39 is 17.3 Å². The number of halogens is 4. The number of morpholine rings is 1. The van der Waals surface area contributed by atoms with Crippen LogP contribution in [-0.4, -0.2) is 78.1 Å². The van der Waals surface area contributed by atoms with Crippen LogP contribution >= 0.6 is 11.6 Å². The van der Waals surface area contributed by atoms with Crippen LogP contribution in [0.2, 0.25) is 5.02 Å². The SMILES string of the molecule is Cn1cc(C(F)(F)F)cc(Nc2nc3ncc(Oc4cnn5ccnc(OCCN6CCOCC6)c45)c(Cl)c3n2C)c1=O. The van der Waals surface area contributed by atoms with Gasteiger partial charge in [-0.3, -0.25) is 9.69 Å². The zero-order chi connectivity index (χ0) is 30.3. The van der Waals surface area contributed by atoms with Crippen molar-refractivity contribution in [1.29, 1.82) is 0 Å². The summed E-state index contributed by atoms with van der Waals surface area (Å²) in [5, 5.41) is 7.12. The van der Waals surface area contributed by atoms with Gasteiger partial charge in [0, 0.05) is 52.3 Å². The molecule has 0 aliphatic carbocycles. The largest absolute Gasteiger partial charge is 0.475 e. The van der Waals surface area contributed by atoms with Crippen molar-refractivity contribution in [2.75, 3.05) is 44.8 Å². The smallest absolute Gasteiger partial charge is 0.417 e. The quantitative estimate of drug-likeness (QED) is 0.275. The highest BCUT2D eigenvalue weighted by Crippen LogP contribution is 2.38. The van der Waals surface area contributed by atoms with Crippen LogP contribution in [0.15, 0.2) is 41.8 Å². The molecule has 226 valence electrons. The molecule has 0 spiro atoms. The van der Waals surface area contributed by atoms with Gasteiger partial charge in [-0.15, -0.1) is 0 Å². The summed E-state index contributed by atoms with van der Waals surface area (Å²) in [6.45, 7) is 4.13. The summed E-state index contributed by atoms with van der Waals surface area (Å²) >= 11 is 6.72. The topological polar surface area (TPSA) is 126 Å². The number of pyridine rings is 2. The molecule has 43 heavy (non-hydrogen) atoms. The Kier molecular flexibility index (Phi) is 7.57. The summed E-state index contributed by atoms with van der Waals surface area (Å²) in [6.07, 6.45) is 2.15. The van der Waals surface area contributed by atoms with E-state index >= 15 is 0 Å². The Balaban J connectivity index is 1.27. The van der Waals surface area contributed by atoms with Gasteiger partial charge in [0.1, 0.15) is 22.8 Å². The van der Waals surface area contributed by atoms with Crippen LogP contribution in [0.25, 0.3) is 16.7 Å². The van der Waals surface area contributed by atoms with Gasteiger partial charge in [-0.1, -0.05) is 11.6 Å². The molecule has 1 aliphatic heterocycles. The molecule has 0 atom stereocenters. The summed E-state index contributed by atoms with van der Waals surface area (Å²) in [5.41, 5.74) is -0.999. The van der Waals surface area contributed by atoms with Gasteiger partial charge in [0.25, 0.3) is 5.56 Å². The fourth-order valence-corrected chi connectivity index (χ4v) is 4.95. The first-order valence-corrected chi connectivity index (χ1v) is 13.5. The number of fused-ring (bicyclic) bond motifs is 2. The van der Waals surface area contributed by atoms with Gasteiger partial charge in [0.15, 0.2) is 22.7 Å². The fraction of sp³-hybridized carbons (Fsp3) is 0.346. The van der Waals surface area contributed by atoms with Gasteiger partial charge in [-0.25, -0.2) is 14.5 Å². The minimum absolute atomic E-state index is 0.0501. The standard InChI is InChI=1S/C26H25ClF3N9O4/c1-36-14-15(26(28,29)30)11-16(24(36)40)34-25-35-22-21(37(25)2)19(27)17(12-32-22)43-18-13-33-39-4-3-31-23(20(18)39)42-10-7-38-5-8-41-9-6-38/h3-4,11-14H,5-10H2,1-2H3,(H,32,34,35). The molecule has 13 nitrogen and oxygen atoms in total. The van der Waals surface area contributed by atoms with Crippen molar-refractivity contribution >= 4 is 39.9 Å². The van der Waals surface area contributed by atoms with Crippen molar-refractivity contribution in [2.45, 2.75) is 6.18 Å². The third-order valence-electron chi connectivity index (χ3n) is 6.90. The van der Waals surface area contributed by atoms with Gasteiger partial charge >= 0.3 is 6.18 Å². The average molecular weight is 620 g/mol. The highest BCUT2D eigenvalue weighted by Gasteiger charge is 2.32. The van der Waals surface area contributed by atoms with Gasteiger partial charge in [0.2, 0.25) is 11.8 Å². The van der Waals surface area contributed by atoms with E-state index in [-0.39, 0.29) is 28.1 Å². The number of imidazole rings is 1. The summed E-state index contributed by atoms with van der Waals surface area (Å²) in [5.74, 6) is 0.847. The van der Waals surface area contributed by atoms with Crippen LogP contribution in [0.1, 0.15) is 5.56 Å². The monoisotopic (exact) mass is 619 g/mol. The van der Waals surface area contributed by atoms with Crippen LogP contribution in [-0.2, 0) is 25.0 Å². The Morgan fingerprint density at radius 1 is 1.12 bits per heavy atom. The summed E-state index contributed by atoms with van der Waals surface area (Å²) in [7, 11) is 2.81. The van der Waals surface area contributed by atoms with Crippen LogP contribution < -0.4 is 20.3 Å². The van der Waals surface area contributed by atoms with Crippen molar-refractivity contribution in [3.63, 3.8) is 0 Å². The molecule has 1 fully saturated rings. The Bertz CT molecular complexity index is 1870. The molecule has 6 rings (SSSR count). The minimum Gasteiger partial charge on any atom is -0.475 e. The second kappa shape index (κ2) is 11.3. The van der Waals surface area contributed by atoms with Gasteiger partial charge in [-0.05, 0) is 6.07 Å². The number of hydrogen-bond acceptors (Lipinski definition) is 10. The molecule has 6 heterocycles. The Labute approximate surface area is 246 Å². The molecule has 1 saturated heterocycles. The van der Waals surface area contributed by atoms with Gasteiger partial charge < -0.3 is 28.7 Å². The lowest BCUT2D eigenvalue weighted by Crippen LogP contribution is -2.38. The maximum absolute atomic E-state index is 13.3. The number of hydrogen-bond donors (Lipinski definition) is 1. The highest BCUT2D eigenvalue weighted by molar-refractivity contribution is 6.36. The van der Waals surface area contributed by atoms with Gasteiger partial charge in [0.05, 0.1) is 31.2 Å². The van der Waals surface area contributed by atoms with Gasteiger partial charge in [-0.2, -0.15) is 23.3 Å². The van der Waals surface area contributed by atoms with E-state index in [1.165, 1.54) is 24.0 Å². The zero-order valence-corrected chi connectivity index (χ0v) is 23.7. The second-order valence-electron chi connectivity index (χ2n) is 9.72. The second-order valence-corrected chi connectivity index (χ2v) is 10.1. The first-order valence-electron chi connectivity index (χ1n) is 13.1. The van der Waals surface area contributed by atoms with Crippen LogP contribution in [0.4, 0.5) is 24.8 Å². The molecule has 0 unspecified atom stereocenters. The van der Waals surface area contributed by atoms with Crippen molar-refractivity contribution in [3.05, 3.63) is 58.0 Å². The number of aromatic nitrogens is 7. The molecule has 1 N–H and O–H groups in total. The summed E-state index contributed by atoms with van der Waals surface area (Å²) in [6, 6.07) is 0.727. The molecule has 5 aromatic heterocycles. The molecular formula is C26H25ClF3N9O4. The van der Waals surface area contributed by atoms with Crippen molar-refractivity contribution in [2.24, 2.45) is 14.1 Å². The van der Waals surface area contributed by atoms with Crippen LogP contribution in [0.3, 0.4) is 0 Å². The summed E-state index contributed by atoms with van der Waals surface area (Å²) < 4.78 is 61.4. The maximum Gasteiger partial charge on any atom is 0.417 e. The van der Waals surface area contributed by atoms with E-state index in [4.69, 9.17) is 25.8 Å². The molecule has 0 aromatic carbocycles. The van der Waals surface area contributed by atoms with Crippen LogP contribution in [0, 0.1) is 0 Å². The normalized spacial score (nSPS) is 14.5. The lowest BCUT2D eigenvalue weighted by molar-refractivity contribution is -0.138.